The molecule has 2 N–H and O–H groups in total. The Balaban J connectivity index is 2.25. The van der Waals surface area contributed by atoms with Gasteiger partial charge in [0.15, 0.2) is 5.69 Å². The summed E-state index contributed by atoms with van der Waals surface area (Å²) in [6.45, 7) is 0.598. The lowest BCUT2D eigenvalue weighted by atomic mass is 10.2. The number of imidazole rings is 1. The zero-order valence-electron chi connectivity index (χ0n) is 13.0. The van der Waals surface area contributed by atoms with Crippen molar-refractivity contribution in [1.82, 2.24) is 24.3 Å². The van der Waals surface area contributed by atoms with Gasteiger partial charge in [0.1, 0.15) is 11.3 Å². The molecular formula is C15H15F3N6. The minimum Gasteiger partial charge on any atom is -0.368 e. The lowest BCUT2D eigenvalue weighted by Crippen LogP contribution is -2.10. The van der Waals surface area contributed by atoms with Gasteiger partial charge in [-0.05, 0) is 37.9 Å². The van der Waals surface area contributed by atoms with Gasteiger partial charge in [0.25, 0.3) is 0 Å². The predicted octanol–water partition coefficient (Wildman–Crippen LogP) is 2.45. The van der Waals surface area contributed by atoms with E-state index in [1.54, 1.807) is 18.3 Å². The molecule has 6 nitrogen and oxygen atoms in total. The number of aromatic nitrogens is 4. The molecule has 3 heterocycles. The molecule has 3 aromatic heterocycles. The molecule has 0 fully saturated rings. The maximum atomic E-state index is 13.4. The van der Waals surface area contributed by atoms with Gasteiger partial charge in [-0.15, -0.1) is 0 Å². The molecule has 3 aromatic rings. The third kappa shape index (κ3) is 3.02. The Labute approximate surface area is 135 Å². The number of hydrogen-bond acceptors (Lipinski definition) is 5. The van der Waals surface area contributed by atoms with E-state index in [2.05, 4.69) is 15.0 Å². The third-order valence-corrected chi connectivity index (χ3v) is 3.37. The Bertz CT molecular complexity index is 885. The second-order valence-electron chi connectivity index (χ2n) is 5.61. The minimum atomic E-state index is -4.61. The summed E-state index contributed by atoms with van der Waals surface area (Å²) in [7, 11) is 3.76. The van der Waals surface area contributed by atoms with E-state index in [1.807, 2.05) is 19.0 Å². The van der Waals surface area contributed by atoms with Gasteiger partial charge in [-0.3, -0.25) is 4.40 Å². The summed E-state index contributed by atoms with van der Waals surface area (Å²) in [5.41, 5.74) is 5.50. The lowest BCUT2D eigenvalue weighted by molar-refractivity contribution is -0.140. The first kappa shape index (κ1) is 16.2. The molecule has 3 rings (SSSR count). The highest BCUT2D eigenvalue weighted by Crippen LogP contribution is 2.36. The molecule has 126 valence electrons. The molecule has 0 unspecified atom stereocenters. The molecule has 9 heteroatoms. The van der Waals surface area contributed by atoms with Gasteiger partial charge in [0.05, 0.1) is 5.69 Å². The van der Waals surface area contributed by atoms with E-state index < -0.39 is 11.9 Å². The number of halogens is 3. The van der Waals surface area contributed by atoms with Crippen molar-refractivity contribution in [3.05, 3.63) is 41.9 Å². The molecule has 0 radical (unpaired) electrons. The van der Waals surface area contributed by atoms with Crippen LogP contribution < -0.4 is 5.73 Å². The number of nitrogens with zero attached hydrogens (tertiary/aromatic N) is 5. The summed E-state index contributed by atoms with van der Waals surface area (Å²) < 4.78 is 41.6. The number of hydrogen-bond donors (Lipinski definition) is 1. The lowest BCUT2D eigenvalue weighted by Gasteiger charge is -2.10. The normalized spacial score (nSPS) is 12.2. The number of fused-ring (bicyclic) bond motifs is 1. The van der Waals surface area contributed by atoms with Gasteiger partial charge >= 0.3 is 6.18 Å². The van der Waals surface area contributed by atoms with Crippen LogP contribution in [-0.4, -0.2) is 38.3 Å². The van der Waals surface area contributed by atoms with E-state index >= 15 is 0 Å². The van der Waals surface area contributed by atoms with Gasteiger partial charge in [-0.25, -0.2) is 15.0 Å². The monoisotopic (exact) mass is 336 g/mol. The summed E-state index contributed by atoms with van der Waals surface area (Å²) in [6.07, 6.45) is -1.73. The first-order valence-electron chi connectivity index (χ1n) is 7.07. The molecule has 0 bridgehead atoms. The van der Waals surface area contributed by atoms with Gasteiger partial charge in [0, 0.05) is 18.9 Å². The number of nitrogen functional groups attached to an aromatic ring is 1. The molecule has 0 aliphatic carbocycles. The third-order valence-electron chi connectivity index (χ3n) is 3.37. The molecule has 0 aliphatic heterocycles. The van der Waals surface area contributed by atoms with Crippen molar-refractivity contribution in [2.75, 3.05) is 19.8 Å². The predicted molar refractivity (Wildman–Crippen MR) is 83.0 cm³/mol. The number of alkyl halides is 3. The average molecular weight is 336 g/mol. The smallest absolute Gasteiger partial charge is 0.368 e. The van der Waals surface area contributed by atoms with E-state index in [0.29, 0.717) is 6.54 Å². The van der Waals surface area contributed by atoms with Crippen molar-refractivity contribution in [2.45, 2.75) is 12.7 Å². The summed E-state index contributed by atoms with van der Waals surface area (Å²) in [5, 5.41) is 0. The number of rotatable bonds is 3. The van der Waals surface area contributed by atoms with Crippen LogP contribution in [-0.2, 0) is 12.7 Å². The molecule has 0 aliphatic rings. The Morgan fingerprint density at radius 3 is 2.58 bits per heavy atom. The Morgan fingerprint density at radius 2 is 1.96 bits per heavy atom. The Morgan fingerprint density at radius 1 is 1.21 bits per heavy atom. The first-order valence-corrected chi connectivity index (χ1v) is 7.07. The number of nitrogens with two attached hydrogens (primary N) is 1. The maximum absolute atomic E-state index is 13.4. The quantitative estimate of drug-likeness (QED) is 0.795. The fraction of sp³-hybridized carbons (Fsp3) is 0.267. The number of pyridine rings is 1. The SMILES string of the molecule is CN(C)Cc1ccn2c(-c3ccnc(N)n3)c(C(F)(F)F)nc2c1. The van der Waals surface area contributed by atoms with Crippen molar-refractivity contribution < 1.29 is 13.2 Å². The van der Waals surface area contributed by atoms with Gasteiger partial charge in [-0.2, -0.15) is 13.2 Å². The highest BCUT2D eigenvalue weighted by Gasteiger charge is 2.38. The van der Waals surface area contributed by atoms with Crippen LogP contribution >= 0.6 is 0 Å². The van der Waals surface area contributed by atoms with Crippen LogP contribution in [0.15, 0.2) is 30.6 Å². The van der Waals surface area contributed by atoms with Crippen LogP contribution in [0.2, 0.25) is 0 Å². The maximum Gasteiger partial charge on any atom is 0.435 e. The van der Waals surface area contributed by atoms with E-state index in [4.69, 9.17) is 5.73 Å². The van der Waals surface area contributed by atoms with Crippen molar-refractivity contribution in [1.29, 1.82) is 0 Å². The highest BCUT2D eigenvalue weighted by molar-refractivity contribution is 5.65. The first-order chi connectivity index (χ1) is 11.3. The number of anilines is 1. The second-order valence-corrected chi connectivity index (χ2v) is 5.61. The van der Waals surface area contributed by atoms with Crippen LogP contribution in [0.1, 0.15) is 11.3 Å². The Kier molecular flexibility index (Phi) is 3.88. The summed E-state index contributed by atoms with van der Waals surface area (Å²) in [5.74, 6) is -0.0974. The molecule has 0 saturated carbocycles. The minimum absolute atomic E-state index is 0.0719. The van der Waals surface area contributed by atoms with Crippen LogP contribution in [0.5, 0.6) is 0 Å². The van der Waals surface area contributed by atoms with Crippen molar-refractivity contribution in [3.8, 4) is 11.4 Å². The van der Waals surface area contributed by atoms with Crippen molar-refractivity contribution >= 4 is 11.6 Å². The van der Waals surface area contributed by atoms with Crippen LogP contribution in [0, 0.1) is 0 Å². The standard InChI is InChI=1S/C15H15F3N6/c1-23(2)8-9-4-6-24-11(7-9)22-13(15(16,17)18)12(24)10-3-5-20-14(19)21-10/h3-7H,8H2,1-2H3,(H2,19,20,21). The van der Waals surface area contributed by atoms with E-state index in [1.165, 1.54) is 16.7 Å². The summed E-state index contributed by atoms with van der Waals surface area (Å²) in [6, 6.07) is 4.76. The zero-order chi connectivity index (χ0) is 17.5. The topological polar surface area (TPSA) is 72.3 Å². The van der Waals surface area contributed by atoms with Crippen LogP contribution in [0.25, 0.3) is 17.0 Å². The summed E-state index contributed by atoms with van der Waals surface area (Å²) in [4.78, 5) is 13.3. The Hall–Kier alpha value is -2.68. The largest absolute Gasteiger partial charge is 0.435 e. The highest BCUT2D eigenvalue weighted by atomic mass is 19.4. The molecule has 0 amide bonds. The zero-order valence-corrected chi connectivity index (χ0v) is 13.0. The summed E-state index contributed by atoms with van der Waals surface area (Å²) >= 11 is 0. The fourth-order valence-electron chi connectivity index (χ4n) is 2.50. The molecule has 24 heavy (non-hydrogen) atoms. The van der Waals surface area contributed by atoms with Gasteiger partial charge in [0.2, 0.25) is 5.95 Å². The van der Waals surface area contributed by atoms with Crippen molar-refractivity contribution in [3.63, 3.8) is 0 Å². The average Bonchev–Trinajstić information content (AvgIpc) is 2.85. The fourth-order valence-corrected chi connectivity index (χ4v) is 2.50. The van der Waals surface area contributed by atoms with Crippen molar-refractivity contribution in [2.24, 2.45) is 0 Å². The molecule has 0 saturated heterocycles. The van der Waals surface area contributed by atoms with Crippen LogP contribution in [0.4, 0.5) is 19.1 Å². The van der Waals surface area contributed by atoms with Gasteiger partial charge < -0.3 is 10.6 Å². The molecular weight excluding hydrogens is 321 g/mol. The molecule has 0 atom stereocenters. The molecule has 0 aromatic carbocycles. The second kappa shape index (κ2) is 5.75. The molecule has 0 spiro atoms. The van der Waals surface area contributed by atoms with Crippen LogP contribution in [0.3, 0.4) is 0 Å². The van der Waals surface area contributed by atoms with E-state index in [9.17, 15) is 13.2 Å². The van der Waals surface area contributed by atoms with E-state index in [-0.39, 0.29) is 23.0 Å². The van der Waals surface area contributed by atoms with Gasteiger partial charge in [-0.1, -0.05) is 0 Å². The van der Waals surface area contributed by atoms with E-state index in [0.717, 1.165) is 5.56 Å².